The number of nitro groups is 1. The molecule has 122 valence electrons. The fourth-order valence-corrected chi connectivity index (χ4v) is 2.28. The largest absolute Gasteiger partial charge is 0.459 e. The Bertz CT molecular complexity index is 909. The highest BCUT2D eigenvalue weighted by Gasteiger charge is 2.17. The number of aromatic nitrogens is 2. The molecular formula is C16H14N4O4. The zero-order valence-corrected chi connectivity index (χ0v) is 13.0. The Morgan fingerprint density at radius 1 is 1.25 bits per heavy atom. The normalized spacial score (nSPS) is 10.6. The number of rotatable bonds is 4. The molecule has 0 radical (unpaired) electrons. The Morgan fingerprint density at radius 2 is 1.96 bits per heavy atom. The summed E-state index contributed by atoms with van der Waals surface area (Å²) >= 11 is 0. The summed E-state index contributed by atoms with van der Waals surface area (Å²) in [5, 5.41) is 17.8. The van der Waals surface area contributed by atoms with Gasteiger partial charge in [-0.2, -0.15) is 5.10 Å². The quantitative estimate of drug-likeness (QED) is 0.585. The van der Waals surface area contributed by atoms with Crippen molar-refractivity contribution in [2.45, 2.75) is 13.8 Å². The van der Waals surface area contributed by atoms with E-state index in [1.165, 1.54) is 23.1 Å². The summed E-state index contributed by atoms with van der Waals surface area (Å²) < 4.78 is 6.69. The van der Waals surface area contributed by atoms with Crippen molar-refractivity contribution in [3.63, 3.8) is 0 Å². The van der Waals surface area contributed by atoms with Gasteiger partial charge in [-0.25, -0.2) is 4.68 Å². The summed E-state index contributed by atoms with van der Waals surface area (Å²) in [6, 6.07) is 9.31. The fraction of sp³-hybridized carbons (Fsp3) is 0.125. The Labute approximate surface area is 136 Å². The molecule has 3 aromatic rings. The number of furan rings is 1. The molecule has 2 aromatic heterocycles. The summed E-state index contributed by atoms with van der Waals surface area (Å²) in [6.45, 7) is 3.56. The molecule has 24 heavy (non-hydrogen) atoms. The summed E-state index contributed by atoms with van der Waals surface area (Å²) in [5.74, 6) is 0.284. The number of non-ortho nitro benzene ring substituents is 1. The van der Waals surface area contributed by atoms with Crippen molar-refractivity contribution in [2.75, 3.05) is 5.32 Å². The number of nitro benzene ring substituents is 1. The first-order chi connectivity index (χ1) is 11.5. The molecule has 0 fully saturated rings. The van der Waals surface area contributed by atoms with Crippen LogP contribution in [0.15, 0.2) is 47.1 Å². The third-order valence-corrected chi connectivity index (χ3v) is 3.45. The van der Waals surface area contributed by atoms with Crippen molar-refractivity contribution in [2.24, 2.45) is 0 Å². The molecule has 0 aliphatic heterocycles. The van der Waals surface area contributed by atoms with E-state index in [9.17, 15) is 14.9 Å². The number of hydrogen-bond donors (Lipinski definition) is 1. The molecule has 2 heterocycles. The van der Waals surface area contributed by atoms with Gasteiger partial charge in [0, 0.05) is 23.8 Å². The number of carbonyl (C=O) groups is 1. The molecule has 0 atom stereocenters. The Morgan fingerprint density at radius 3 is 2.54 bits per heavy atom. The number of amides is 1. The lowest BCUT2D eigenvalue weighted by molar-refractivity contribution is -0.384. The van der Waals surface area contributed by atoms with E-state index < -0.39 is 4.92 Å². The van der Waals surface area contributed by atoms with E-state index in [1.807, 2.05) is 0 Å². The molecule has 8 nitrogen and oxygen atoms in total. The smallest absolute Gasteiger partial charge is 0.292 e. The van der Waals surface area contributed by atoms with Gasteiger partial charge in [-0.05, 0) is 32.0 Å². The number of anilines is 1. The predicted molar refractivity (Wildman–Crippen MR) is 86.4 cm³/mol. The van der Waals surface area contributed by atoms with E-state index >= 15 is 0 Å². The van der Waals surface area contributed by atoms with E-state index in [4.69, 9.17) is 4.42 Å². The highest BCUT2D eigenvalue weighted by molar-refractivity contribution is 6.02. The molecule has 3 rings (SSSR count). The average Bonchev–Trinajstić information content (AvgIpc) is 3.13. The summed E-state index contributed by atoms with van der Waals surface area (Å²) in [6.07, 6.45) is 1.45. The van der Waals surface area contributed by atoms with Crippen LogP contribution >= 0.6 is 0 Å². The van der Waals surface area contributed by atoms with E-state index in [2.05, 4.69) is 10.4 Å². The monoisotopic (exact) mass is 326 g/mol. The Hall–Kier alpha value is -3.42. The molecule has 0 bridgehead atoms. The highest BCUT2D eigenvalue weighted by Crippen LogP contribution is 2.21. The van der Waals surface area contributed by atoms with Crippen LogP contribution < -0.4 is 5.32 Å². The number of nitrogens with zero attached hydrogens (tertiary/aromatic N) is 3. The first-order valence-electron chi connectivity index (χ1n) is 7.12. The topological polar surface area (TPSA) is 103 Å². The van der Waals surface area contributed by atoms with Gasteiger partial charge in [-0.1, -0.05) is 0 Å². The number of hydrogen-bond acceptors (Lipinski definition) is 5. The van der Waals surface area contributed by atoms with E-state index in [1.54, 1.807) is 38.1 Å². The second kappa shape index (κ2) is 5.99. The lowest BCUT2D eigenvalue weighted by Gasteiger charge is -2.08. The van der Waals surface area contributed by atoms with E-state index in [-0.39, 0.29) is 17.4 Å². The number of aryl methyl sites for hydroxylation is 2. The van der Waals surface area contributed by atoms with Crippen molar-refractivity contribution in [3.05, 3.63) is 69.8 Å². The van der Waals surface area contributed by atoms with Crippen LogP contribution in [0.25, 0.3) is 5.69 Å². The van der Waals surface area contributed by atoms with Gasteiger partial charge in [-0.3, -0.25) is 14.9 Å². The molecular weight excluding hydrogens is 312 g/mol. The molecule has 1 amide bonds. The van der Waals surface area contributed by atoms with E-state index in [0.29, 0.717) is 17.2 Å². The minimum atomic E-state index is -0.472. The van der Waals surface area contributed by atoms with Gasteiger partial charge in [-0.15, -0.1) is 0 Å². The van der Waals surface area contributed by atoms with Crippen LogP contribution in [-0.2, 0) is 0 Å². The van der Waals surface area contributed by atoms with Gasteiger partial charge in [0.15, 0.2) is 5.76 Å². The van der Waals surface area contributed by atoms with Gasteiger partial charge in [0.2, 0.25) is 0 Å². The van der Waals surface area contributed by atoms with Crippen molar-refractivity contribution in [1.29, 1.82) is 0 Å². The van der Waals surface area contributed by atoms with Crippen molar-refractivity contribution < 1.29 is 14.1 Å². The molecule has 0 saturated carbocycles. The molecule has 8 heteroatoms. The maximum atomic E-state index is 12.3. The Balaban J connectivity index is 1.92. The number of carbonyl (C=O) groups excluding carboxylic acids is 1. The van der Waals surface area contributed by atoms with Crippen LogP contribution in [0, 0.1) is 24.0 Å². The summed E-state index contributed by atoms with van der Waals surface area (Å²) in [5.41, 5.74) is 2.00. The fourth-order valence-electron chi connectivity index (χ4n) is 2.28. The van der Waals surface area contributed by atoms with Crippen LogP contribution in [0.4, 0.5) is 11.5 Å². The van der Waals surface area contributed by atoms with E-state index in [0.717, 1.165) is 5.56 Å². The van der Waals surface area contributed by atoms with Crippen LogP contribution in [0.1, 0.15) is 21.8 Å². The maximum Gasteiger partial charge on any atom is 0.292 e. The standard InChI is InChI=1S/C16H14N4O4/c1-10-7-8-24-15(10)16(21)17-14-9-11(2)18-19(14)12-3-5-13(6-4-12)20(22)23/h3-9H,1-2H3,(H,17,21). The molecule has 0 aliphatic carbocycles. The minimum Gasteiger partial charge on any atom is -0.459 e. The maximum absolute atomic E-state index is 12.3. The zero-order chi connectivity index (χ0) is 17.3. The van der Waals surface area contributed by atoms with Crippen molar-refractivity contribution in [3.8, 4) is 5.69 Å². The van der Waals surface area contributed by atoms with Crippen molar-refractivity contribution in [1.82, 2.24) is 9.78 Å². The van der Waals surface area contributed by atoms with Gasteiger partial charge < -0.3 is 9.73 Å². The molecule has 1 aromatic carbocycles. The highest BCUT2D eigenvalue weighted by atomic mass is 16.6. The van der Waals surface area contributed by atoms with Gasteiger partial charge in [0.1, 0.15) is 5.82 Å². The second-order valence-corrected chi connectivity index (χ2v) is 5.24. The number of nitrogens with one attached hydrogen (secondary N) is 1. The van der Waals surface area contributed by atoms with Crippen LogP contribution in [0.5, 0.6) is 0 Å². The first-order valence-corrected chi connectivity index (χ1v) is 7.12. The predicted octanol–water partition coefficient (Wildman–Crippen LogP) is 3.24. The SMILES string of the molecule is Cc1cc(NC(=O)c2occc2C)n(-c2ccc([N+](=O)[O-])cc2)n1. The van der Waals surface area contributed by atoms with Crippen molar-refractivity contribution >= 4 is 17.4 Å². The summed E-state index contributed by atoms with van der Waals surface area (Å²) in [7, 11) is 0. The molecule has 0 spiro atoms. The molecule has 1 N–H and O–H groups in total. The van der Waals surface area contributed by atoms with Crippen LogP contribution in [0.3, 0.4) is 0 Å². The molecule has 0 saturated heterocycles. The average molecular weight is 326 g/mol. The van der Waals surface area contributed by atoms with Crippen LogP contribution in [0.2, 0.25) is 0 Å². The summed E-state index contributed by atoms with van der Waals surface area (Å²) in [4.78, 5) is 22.6. The second-order valence-electron chi connectivity index (χ2n) is 5.24. The lowest BCUT2D eigenvalue weighted by atomic mass is 10.2. The first kappa shape index (κ1) is 15.5. The van der Waals surface area contributed by atoms with Gasteiger partial charge in [0.05, 0.1) is 22.6 Å². The Kier molecular flexibility index (Phi) is 3.87. The van der Waals surface area contributed by atoms with Crippen LogP contribution in [-0.4, -0.2) is 20.6 Å². The lowest BCUT2D eigenvalue weighted by Crippen LogP contribution is -2.15. The minimum absolute atomic E-state index is 0.0144. The number of benzene rings is 1. The van der Waals surface area contributed by atoms with Gasteiger partial charge >= 0.3 is 0 Å². The molecule has 0 unspecified atom stereocenters. The zero-order valence-electron chi connectivity index (χ0n) is 13.0. The third kappa shape index (κ3) is 2.89. The molecule has 0 aliphatic rings. The van der Waals surface area contributed by atoms with Gasteiger partial charge in [0.25, 0.3) is 11.6 Å². The third-order valence-electron chi connectivity index (χ3n) is 3.45.